The lowest BCUT2D eigenvalue weighted by Gasteiger charge is -2.14. The maximum atomic E-state index is 11.3. The molecule has 0 saturated carbocycles. The van der Waals surface area contributed by atoms with Crippen LogP contribution in [0.3, 0.4) is 0 Å². The molecule has 0 amide bonds. The lowest BCUT2D eigenvalue weighted by molar-refractivity contribution is 0.188. The Hall–Kier alpha value is -1.29. The molecule has 1 aromatic heterocycles. The highest BCUT2D eigenvalue weighted by Gasteiger charge is 2.13. The van der Waals surface area contributed by atoms with Crippen molar-refractivity contribution < 1.29 is 10.2 Å². The van der Waals surface area contributed by atoms with Crippen LogP contribution in [0.25, 0.3) is 0 Å². The van der Waals surface area contributed by atoms with E-state index < -0.39 is 11.5 Å². The predicted octanol–water partition coefficient (Wildman–Crippen LogP) is 0.453. The number of nitrogens with zero attached hydrogens (tertiary/aromatic N) is 1. The van der Waals surface area contributed by atoms with Gasteiger partial charge in [0.1, 0.15) is 0 Å². The van der Waals surface area contributed by atoms with E-state index in [9.17, 15) is 15.0 Å². The first-order valence-electron chi connectivity index (χ1n) is 4.02. The highest BCUT2D eigenvalue weighted by molar-refractivity contribution is 5.29. The van der Waals surface area contributed by atoms with E-state index >= 15 is 0 Å². The van der Waals surface area contributed by atoms with Gasteiger partial charge >= 0.3 is 0 Å². The first kappa shape index (κ1) is 9.80. The molecule has 0 saturated heterocycles. The highest BCUT2D eigenvalue weighted by atomic mass is 16.3. The molecule has 0 fully saturated rings. The monoisotopic (exact) mass is 183 g/mol. The zero-order valence-electron chi connectivity index (χ0n) is 7.90. The fraction of sp³-hybridized carbons (Fsp3) is 0.444. The number of hydrogen-bond donors (Lipinski definition) is 2. The normalized spacial score (nSPS) is 12.9. The molecule has 1 rings (SSSR count). The van der Waals surface area contributed by atoms with E-state index in [4.69, 9.17) is 0 Å². The Morgan fingerprint density at radius 1 is 1.54 bits per heavy atom. The third-order valence-electron chi connectivity index (χ3n) is 2.05. The Morgan fingerprint density at radius 3 is 2.54 bits per heavy atom. The minimum absolute atomic E-state index is 0.288. The fourth-order valence-corrected chi connectivity index (χ4v) is 1.49. The van der Waals surface area contributed by atoms with Crippen LogP contribution in [-0.2, 0) is 7.05 Å². The van der Waals surface area contributed by atoms with Gasteiger partial charge in [-0.05, 0) is 13.8 Å². The first-order valence-corrected chi connectivity index (χ1v) is 4.02. The molecule has 0 radical (unpaired) electrons. The molecule has 1 unspecified atom stereocenters. The molecule has 0 aliphatic heterocycles. The quantitative estimate of drug-likeness (QED) is 0.664. The van der Waals surface area contributed by atoms with Crippen LogP contribution in [0, 0.1) is 6.92 Å². The molecule has 72 valence electrons. The van der Waals surface area contributed by atoms with Gasteiger partial charge < -0.3 is 14.8 Å². The molecule has 0 bridgehead atoms. The summed E-state index contributed by atoms with van der Waals surface area (Å²) in [7, 11) is 1.67. The maximum Gasteiger partial charge on any atom is 0.226 e. The average Bonchev–Trinajstić information content (AvgIpc) is 1.99. The summed E-state index contributed by atoms with van der Waals surface area (Å²) in [6.07, 6.45) is 0.593. The zero-order valence-corrected chi connectivity index (χ0v) is 7.90. The second kappa shape index (κ2) is 3.22. The second-order valence-corrected chi connectivity index (χ2v) is 3.14. The minimum atomic E-state index is -0.710. The van der Waals surface area contributed by atoms with Crippen molar-refractivity contribution in [2.24, 2.45) is 7.05 Å². The third kappa shape index (κ3) is 1.58. The van der Waals surface area contributed by atoms with Crippen LogP contribution in [0.4, 0.5) is 0 Å². The van der Waals surface area contributed by atoms with Crippen molar-refractivity contribution in [2.45, 2.75) is 20.0 Å². The SMILES string of the molecule is Cc1c(C(C)O)n(C)cc(O)c1=O. The molecule has 4 nitrogen and oxygen atoms in total. The van der Waals surface area contributed by atoms with Crippen LogP contribution < -0.4 is 5.43 Å². The molecule has 0 aromatic carbocycles. The zero-order chi connectivity index (χ0) is 10.2. The number of pyridine rings is 1. The molecular weight excluding hydrogens is 170 g/mol. The molecule has 0 aliphatic rings. The molecule has 2 N–H and O–H groups in total. The number of rotatable bonds is 1. The number of hydrogen-bond acceptors (Lipinski definition) is 3. The van der Waals surface area contributed by atoms with E-state index in [2.05, 4.69) is 0 Å². The van der Waals surface area contributed by atoms with Crippen LogP contribution in [-0.4, -0.2) is 14.8 Å². The van der Waals surface area contributed by atoms with Gasteiger partial charge in [-0.3, -0.25) is 4.79 Å². The second-order valence-electron chi connectivity index (χ2n) is 3.14. The highest BCUT2D eigenvalue weighted by Crippen LogP contribution is 2.15. The van der Waals surface area contributed by atoms with Gasteiger partial charge in [-0.2, -0.15) is 0 Å². The Morgan fingerprint density at radius 2 is 2.08 bits per heavy atom. The predicted molar refractivity (Wildman–Crippen MR) is 48.7 cm³/mol. The number of aryl methyl sites for hydroxylation is 1. The van der Waals surface area contributed by atoms with Gasteiger partial charge in [0.15, 0.2) is 5.75 Å². The summed E-state index contributed by atoms with van der Waals surface area (Å²) in [6.45, 7) is 3.17. The van der Waals surface area contributed by atoms with Gasteiger partial charge in [-0.15, -0.1) is 0 Å². The van der Waals surface area contributed by atoms with Crippen LogP contribution in [0.1, 0.15) is 24.3 Å². The van der Waals surface area contributed by atoms with Crippen molar-refractivity contribution in [3.8, 4) is 5.75 Å². The van der Waals surface area contributed by atoms with Crippen LogP contribution in [0.5, 0.6) is 5.75 Å². The Bertz CT molecular complexity index is 379. The number of aromatic hydroxyl groups is 1. The van der Waals surface area contributed by atoms with Crippen LogP contribution in [0.2, 0.25) is 0 Å². The van der Waals surface area contributed by atoms with E-state index in [0.717, 1.165) is 0 Å². The summed E-state index contributed by atoms with van der Waals surface area (Å²) in [6, 6.07) is 0. The molecule has 13 heavy (non-hydrogen) atoms. The minimum Gasteiger partial charge on any atom is -0.503 e. The molecule has 0 aliphatic carbocycles. The van der Waals surface area contributed by atoms with Gasteiger partial charge in [0.25, 0.3) is 0 Å². The smallest absolute Gasteiger partial charge is 0.226 e. The Balaban J connectivity index is 3.53. The Labute approximate surface area is 76.1 Å². The molecule has 1 atom stereocenters. The van der Waals surface area contributed by atoms with Crippen molar-refractivity contribution >= 4 is 0 Å². The summed E-state index contributed by atoms with van der Waals surface area (Å²) < 4.78 is 1.55. The van der Waals surface area contributed by atoms with E-state index in [1.54, 1.807) is 25.5 Å². The largest absolute Gasteiger partial charge is 0.503 e. The number of aliphatic hydroxyl groups is 1. The summed E-state index contributed by atoms with van der Waals surface area (Å²) in [4.78, 5) is 11.3. The van der Waals surface area contributed by atoms with Crippen molar-refractivity contribution in [1.29, 1.82) is 0 Å². The molecule has 1 aromatic rings. The lowest BCUT2D eigenvalue weighted by Crippen LogP contribution is -2.16. The fourth-order valence-electron chi connectivity index (χ4n) is 1.49. The third-order valence-corrected chi connectivity index (χ3v) is 2.05. The summed E-state index contributed by atoms with van der Waals surface area (Å²) >= 11 is 0. The standard InChI is InChI=1S/C9H13NO3/c1-5-8(6(2)11)10(3)4-7(12)9(5)13/h4,6,11-12H,1-3H3. The first-order chi connectivity index (χ1) is 5.95. The van der Waals surface area contributed by atoms with Gasteiger partial charge in [-0.25, -0.2) is 0 Å². The average molecular weight is 183 g/mol. The summed E-state index contributed by atoms with van der Waals surface area (Å²) in [5.41, 5.74) is 0.495. The van der Waals surface area contributed by atoms with Gasteiger partial charge in [0, 0.05) is 18.8 Å². The van der Waals surface area contributed by atoms with E-state index in [1.165, 1.54) is 6.20 Å². The molecule has 0 spiro atoms. The maximum absolute atomic E-state index is 11.3. The topological polar surface area (TPSA) is 62.5 Å². The van der Waals surface area contributed by atoms with E-state index in [1.807, 2.05) is 0 Å². The van der Waals surface area contributed by atoms with E-state index in [-0.39, 0.29) is 5.75 Å². The summed E-state index contributed by atoms with van der Waals surface area (Å²) in [5, 5.41) is 18.5. The molecule has 4 heteroatoms. The van der Waals surface area contributed by atoms with Gasteiger partial charge in [0.05, 0.1) is 11.8 Å². The van der Waals surface area contributed by atoms with Gasteiger partial charge in [0.2, 0.25) is 5.43 Å². The number of aromatic nitrogens is 1. The van der Waals surface area contributed by atoms with Crippen molar-refractivity contribution in [3.05, 3.63) is 27.7 Å². The lowest BCUT2D eigenvalue weighted by atomic mass is 10.1. The van der Waals surface area contributed by atoms with Gasteiger partial charge in [-0.1, -0.05) is 0 Å². The summed E-state index contributed by atoms with van der Waals surface area (Å²) in [5.74, 6) is -0.288. The van der Waals surface area contributed by atoms with Crippen LogP contribution in [0.15, 0.2) is 11.0 Å². The van der Waals surface area contributed by atoms with E-state index in [0.29, 0.717) is 11.3 Å². The van der Waals surface area contributed by atoms with Crippen molar-refractivity contribution in [2.75, 3.05) is 0 Å². The van der Waals surface area contributed by atoms with Crippen molar-refractivity contribution in [3.63, 3.8) is 0 Å². The van der Waals surface area contributed by atoms with Crippen LogP contribution >= 0.6 is 0 Å². The molecule has 1 heterocycles. The number of aliphatic hydroxyl groups excluding tert-OH is 1. The van der Waals surface area contributed by atoms with Crippen molar-refractivity contribution in [1.82, 2.24) is 4.57 Å². The molecular formula is C9H13NO3. The Kier molecular flexibility index (Phi) is 2.43.